The predicted molar refractivity (Wildman–Crippen MR) is 190 cm³/mol. The van der Waals surface area contributed by atoms with Crippen LogP contribution < -0.4 is 0 Å². The van der Waals surface area contributed by atoms with Crippen LogP contribution in [0.2, 0.25) is 0 Å². The van der Waals surface area contributed by atoms with Crippen molar-refractivity contribution in [3.8, 4) is 0 Å². The lowest BCUT2D eigenvalue weighted by Gasteiger charge is -2.53. The number of Topliss-reactive ketones (excluding diaryl/α,β-unsaturated/α-hetero) is 1. The molecule has 0 aliphatic heterocycles. The summed E-state index contributed by atoms with van der Waals surface area (Å²) in [5.41, 5.74) is -3.15. The van der Waals surface area contributed by atoms with Crippen molar-refractivity contribution in [1.82, 2.24) is 0 Å². The summed E-state index contributed by atoms with van der Waals surface area (Å²) in [6.45, 7) is 9.92. The molecular weight excluding hydrogens is 644 g/mol. The number of carbonyl (C=O) groups is 3. The Morgan fingerprint density at radius 1 is 0.824 bits per heavy atom. The summed E-state index contributed by atoms with van der Waals surface area (Å²) in [6.07, 6.45) is 2.50. The van der Waals surface area contributed by atoms with Gasteiger partial charge in [-0.3, -0.25) is 14.4 Å². The first-order valence-electron chi connectivity index (χ1n) is 17.7. The van der Waals surface area contributed by atoms with Crippen LogP contribution in [0.4, 0.5) is 0 Å². The number of esters is 2. The number of carbonyl (C=O) groups excluding carboxylic acids is 3. The topological polar surface area (TPSA) is 119 Å². The summed E-state index contributed by atoms with van der Waals surface area (Å²) in [4.78, 5) is 39.3. The smallest absolute Gasteiger partial charge is 0.303 e. The molecule has 7 rings (SSSR count). The highest BCUT2D eigenvalue weighted by Gasteiger charge is 2.87. The first-order chi connectivity index (χ1) is 24.2. The molecule has 8 heteroatoms. The monoisotopic (exact) mass is 690 g/mol. The van der Waals surface area contributed by atoms with Crippen molar-refractivity contribution in [3.05, 3.63) is 131 Å². The third-order valence-corrected chi connectivity index (χ3v) is 12.4. The number of hydrogen-bond donors (Lipinski definition) is 2. The molecule has 4 aliphatic rings. The van der Waals surface area contributed by atoms with Crippen LogP contribution in [0.3, 0.4) is 0 Å². The van der Waals surface area contributed by atoms with E-state index in [-0.39, 0.29) is 13.0 Å². The van der Waals surface area contributed by atoms with Gasteiger partial charge in [-0.05, 0) is 34.8 Å². The maximum Gasteiger partial charge on any atom is 0.303 e. The van der Waals surface area contributed by atoms with Crippen LogP contribution >= 0.6 is 0 Å². The van der Waals surface area contributed by atoms with E-state index in [4.69, 9.17) is 14.2 Å². The first kappa shape index (κ1) is 35.1. The molecule has 2 N–H and O–H groups in total. The van der Waals surface area contributed by atoms with E-state index in [1.807, 2.05) is 111 Å². The van der Waals surface area contributed by atoms with Crippen molar-refractivity contribution in [2.75, 3.05) is 6.61 Å². The summed E-state index contributed by atoms with van der Waals surface area (Å²) in [5.74, 6) is -4.66. The standard InChI is InChI=1S/C43H46O8/c1-26-22-35-40(47,37(26)46)24-30(23-34-36-39(5,6)43(36,51-29(4)45)38(50-28(3)44)27(2)41(34,35)48)25-49-42(31-16-10-7-11-17-31,32-18-12-8-13-19-32)33-20-14-9-15-21-33/h7-23,27,34-36,38,47-48H,24-25H2,1-6H3/t27-,34+,35-,36-,38-,40-,41-,43-/m1/s1. The van der Waals surface area contributed by atoms with Gasteiger partial charge in [0.1, 0.15) is 17.3 Å². The van der Waals surface area contributed by atoms with Gasteiger partial charge in [0, 0.05) is 49.4 Å². The zero-order chi connectivity index (χ0) is 36.6. The average molecular weight is 691 g/mol. The zero-order valence-corrected chi connectivity index (χ0v) is 30.0. The summed E-state index contributed by atoms with van der Waals surface area (Å²) in [5, 5.41) is 25.7. The summed E-state index contributed by atoms with van der Waals surface area (Å²) >= 11 is 0. The summed E-state index contributed by atoms with van der Waals surface area (Å²) < 4.78 is 19.3. The molecule has 2 fully saturated rings. The van der Waals surface area contributed by atoms with Gasteiger partial charge in [-0.25, -0.2) is 0 Å². The highest BCUT2D eigenvalue weighted by Crippen LogP contribution is 2.77. The van der Waals surface area contributed by atoms with Gasteiger partial charge in [-0.1, -0.05) is 124 Å². The van der Waals surface area contributed by atoms with Gasteiger partial charge in [-0.2, -0.15) is 0 Å². The Balaban J connectivity index is 1.41. The Morgan fingerprint density at radius 2 is 1.33 bits per heavy atom. The molecule has 2 saturated carbocycles. The maximum atomic E-state index is 14.0. The minimum Gasteiger partial charge on any atom is -0.458 e. The molecule has 266 valence electrons. The molecule has 3 aromatic rings. The van der Waals surface area contributed by atoms with Gasteiger partial charge in [0.15, 0.2) is 11.4 Å². The second-order valence-corrected chi connectivity index (χ2v) is 15.5. The molecule has 4 aliphatic carbocycles. The van der Waals surface area contributed by atoms with E-state index in [1.165, 1.54) is 13.8 Å². The Morgan fingerprint density at radius 3 is 1.80 bits per heavy atom. The van der Waals surface area contributed by atoms with Crippen LogP contribution in [-0.2, 0) is 34.2 Å². The molecule has 0 amide bonds. The second-order valence-electron chi connectivity index (χ2n) is 15.5. The number of fused-ring (bicyclic) bond motifs is 5. The van der Waals surface area contributed by atoms with E-state index in [0.29, 0.717) is 11.1 Å². The van der Waals surface area contributed by atoms with E-state index >= 15 is 0 Å². The molecule has 0 radical (unpaired) electrons. The SMILES string of the molecule is CC(=O)O[C@@H]1[C@@H](C)[C@@]2(O)[C@@H](C=C(COC(c3ccccc3)(c3ccccc3)c3ccccc3)C[C@]3(O)C(=O)C(C)=C[C@@H]23)[C@@H]2C(C)(C)[C@]12OC(C)=O. The lowest BCUT2D eigenvalue weighted by Crippen LogP contribution is -2.66. The number of ether oxygens (including phenoxy) is 3. The predicted octanol–water partition coefficient (Wildman–Crippen LogP) is 6.09. The number of rotatable bonds is 8. The average Bonchev–Trinajstić information content (AvgIpc) is 3.53. The van der Waals surface area contributed by atoms with E-state index in [1.54, 1.807) is 19.9 Å². The third-order valence-electron chi connectivity index (χ3n) is 12.4. The fraction of sp³-hybridized carbons (Fsp3) is 0.419. The van der Waals surface area contributed by atoms with Gasteiger partial charge in [-0.15, -0.1) is 0 Å². The van der Waals surface area contributed by atoms with Gasteiger partial charge < -0.3 is 24.4 Å². The van der Waals surface area contributed by atoms with Crippen molar-refractivity contribution < 1.29 is 38.8 Å². The molecule has 51 heavy (non-hydrogen) atoms. The van der Waals surface area contributed by atoms with Crippen LogP contribution in [0.1, 0.15) is 64.7 Å². The summed E-state index contributed by atoms with van der Waals surface area (Å²) in [6, 6.07) is 29.8. The van der Waals surface area contributed by atoms with Crippen LogP contribution in [0.25, 0.3) is 0 Å². The third kappa shape index (κ3) is 4.94. The number of ketones is 1. The minimum absolute atomic E-state index is 0.00207. The van der Waals surface area contributed by atoms with Crippen molar-refractivity contribution in [1.29, 1.82) is 0 Å². The molecule has 0 spiro atoms. The Bertz CT molecular complexity index is 1820. The largest absolute Gasteiger partial charge is 0.458 e. The highest BCUT2D eigenvalue weighted by molar-refractivity contribution is 6.04. The van der Waals surface area contributed by atoms with Crippen molar-refractivity contribution >= 4 is 17.7 Å². The number of aliphatic hydroxyl groups is 2. The van der Waals surface area contributed by atoms with Crippen LogP contribution in [0.15, 0.2) is 114 Å². The first-order valence-corrected chi connectivity index (χ1v) is 17.7. The molecule has 0 bridgehead atoms. The minimum atomic E-state index is -1.99. The lowest BCUT2D eigenvalue weighted by molar-refractivity contribution is -0.227. The molecular formula is C43H46O8. The quantitative estimate of drug-likeness (QED) is 0.166. The van der Waals surface area contributed by atoms with E-state index in [0.717, 1.165) is 16.7 Å². The lowest BCUT2D eigenvalue weighted by atomic mass is 9.59. The molecule has 8 atom stereocenters. The van der Waals surface area contributed by atoms with Gasteiger partial charge >= 0.3 is 11.9 Å². The fourth-order valence-electron chi connectivity index (χ4n) is 10.2. The zero-order valence-electron chi connectivity index (χ0n) is 30.0. The van der Waals surface area contributed by atoms with E-state index in [2.05, 4.69) is 0 Å². The normalized spacial score (nSPS) is 33.4. The van der Waals surface area contributed by atoms with E-state index < -0.39 is 75.3 Å². The number of benzene rings is 3. The van der Waals surface area contributed by atoms with Crippen molar-refractivity contribution in [3.63, 3.8) is 0 Å². The molecule has 0 heterocycles. The van der Waals surface area contributed by atoms with E-state index in [9.17, 15) is 24.6 Å². The van der Waals surface area contributed by atoms with Gasteiger partial charge in [0.2, 0.25) is 0 Å². The Labute approximate surface area is 299 Å². The van der Waals surface area contributed by atoms with Crippen molar-refractivity contribution in [2.24, 2.45) is 29.1 Å². The molecule has 0 unspecified atom stereocenters. The number of hydrogen-bond acceptors (Lipinski definition) is 8. The molecule has 3 aromatic carbocycles. The van der Waals surface area contributed by atoms with Gasteiger partial charge in [0.25, 0.3) is 0 Å². The van der Waals surface area contributed by atoms with Crippen LogP contribution in [-0.4, -0.2) is 57.4 Å². The molecule has 8 nitrogen and oxygen atoms in total. The van der Waals surface area contributed by atoms with Crippen molar-refractivity contribution in [2.45, 2.75) is 76.5 Å². The Hall–Kier alpha value is -4.37. The van der Waals surface area contributed by atoms with Crippen LogP contribution in [0, 0.1) is 29.1 Å². The Kier molecular flexibility index (Phi) is 8.32. The maximum absolute atomic E-state index is 14.0. The summed E-state index contributed by atoms with van der Waals surface area (Å²) in [7, 11) is 0. The second kappa shape index (κ2) is 12.1. The van der Waals surface area contributed by atoms with Crippen LogP contribution in [0.5, 0.6) is 0 Å². The highest BCUT2D eigenvalue weighted by atomic mass is 16.6. The van der Waals surface area contributed by atoms with Gasteiger partial charge in [0.05, 0.1) is 12.2 Å². The molecule has 0 saturated heterocycles. The molecule has 0 aromatic heterocycles. The fourth-order valence-corrected chi connectivity index (χ4v) is 10.2.